The summed E-state index contributed by atoms with van der Waals surface area (Å²) < 4.78 is 30.7. The Morgan fingerprint density at radius 1 is 1.41 bits per heavy atom. The largest absolute Gasteiger partial charge is 0.375 e. The van der Waals surface area contributed by atoms with E-state index in [1.54, 1.807) is 6.07 Å². The minimum Gasteiger partial charge on any atom is -0.375 e. The minimum absolute atomic E-state index is 0.0427. The number of carbonyl (C=O) groups is 1. The monoisotopic (exact) mass is 394 g/mol. The SMILES string of the molecule is CCCn1c(CCC(=O)N2CCO[C@H](C)C2)nc2cc(S(N)(=O)=O)ccc21. The van der Waals surface area contributed by atoms with Crippen molar-refractivity contribution in [3.05, 3.63) is 24.0 Å². The molecular formula is C18H26N4O4S. The zero-order chi connectivity index (χ0) is 19.6. The molecule has 1 atom stereocenters. The van der Waals surface area contributed by atoms with E-state index in [9.17, 15) is 13.2 Å². The highest BCUT2D eigenvalue weighted by atomic mass is 32.2. The second-order valence-corrected chi connectivity index (χ2v) is 8.46. The smallest absolute Gasteiger partial charge is 0.238 e. The average molecular weight is 394 g/mol. The summed E-state index contributed by atoms with van der Waals surface area (Å²) in [6.45, 7) is 6.58. The van der Waals surface area contributed by atoms with Gasteiger partial charge in [0.15, 0.2) is 0 Å². The van der Waals surface area contributed by atoms with Gasteiger partial charge >= 0.3 is 0 Å². The number of morpholine rings is 1. The number of aryl methyl sites for hydroxylation is 2. The number of nitrogens with two attached hydrogens (primary N) is 1. The highest BCUT2D eigenvalue weighted by Gasteiger charge is 2.22. The number of carbonyl (C=O) groups excluding carboxylic acids is 1. The molecule has 1 amide bonds. The number of sulfonamides is 1. The second-order valence-electron chi connectivity index (χ2n) is 6.90. The van der Waals surface area contributed by atoms with Crippen LogP contribution < -0.4 is 5.14 Å². The van der Waals surface area contributed by atoms with Gasteiger partial charge < -0.3 is 14.2 Å². The predicted molar refractivity (Wildman–Crippen MR) is 102 cm³/mol. The highest BCUT2D eigenvalue weighted by Crippen LogP contribution is 2.21. The Balaban J connectivity index is 1.82. The van der Waals surface area contributed by atoms with E-state index < -0.39 is 10.0 Å². The third-order valence-corrected chi connectivity index (χ3v) is 5.64. The summed E-state index contributed by atoms with van der Waals surface area (Å²) in [7, 11) is -3.78. The van der Waals surface area contributed by atoms with E-state index in [1.807, 2.05) is 11.8 Å². The lowest BCUT2D eigenvalue weighted by Gasteiger charge is -2.31. The van der Waals surface area contributed by atoms with Crippen LogP contribution in [-0.2, 0) is 32.5 Å². The molecule has 1 aliphatic rings. The second kappa shape index (κ2) is 7.95. The van der Waals surface area contributed by atoms with E-state index in [0.717, 1.165) is 24.3 Å². The molecule has 2 N–H and O–H groups in total. The van der Waals surface area contributed by atoms with Crippen LogP contribution in [0.5, 0.6) is 0 Å². The third kappa shape index (κ3) is 4.48. The van der Waals surface area contributed by atoms with E-state index >= 15 is 0 Å². The number of rotatable bonds is 6. The number of fused-ring (bicyclic) bond motifs is 1. The van der Waals surface area contributed by atoms with Gasteiger partial charge in [-0.25, -0.2) is 18.5 Å². The van der Waals surface area contributed by atoms with Crippen molar-refractivity contribution < 1.29 is 17.9 Å². The summed E-state index contributed by atoms with van der Waals surface area (Å²) in [5, 5.41) is 5.22. The van der Waals surface area contributed by atoms with Crippen molar-refractivity contribution in [1.29, 1.82) is 0 Å². The van der Waals surface area contributed by atoms with Gasteiger partial charge in [0.25, 0.3) is 0 Å². The Morgan fingerprint density at radius 2 is 2.19 bits per heavy atom. The van der Waals surface area contributed by atoms with Crippen LogP contribution in [0.2, 0.25) is 0 Å². The van der Waals surface area contributed by atoms with Crippen LogP contribution in [0.25, 0.3) is 11.0 Å². The zero-order valence-electron chi connectivity index (χ0n) is 15.7. The van der Waals surface area contributed by atoms with E-state index in [0.29, 0.717) is 38.1 Å². The summed E-state index contributed by atoms with van der Waals surface area (Å²) in [5.74, 6) is 0.874. The zero-order valence-corrected chi connectivity index (χ0v) is 16.5. The van der Waals surface area contributed by atoms with E-state index in [4.69, 9.17) is 9.88 Å². The number of amides is 1. The fourth-order valence-electron chi connectivity index (χ4n) is 3.42. The highest BCUT2D eigenvalue weighted by molar-refractivity contribution is 7.89. The molecule has 0 unspecified atom stereocenters. The molecule has 0 radical (unpaired) electrons. The Hall–Kier alpha value is -1.97. The number of primary sulfonamides is 1. The van der Waals surface area contributed by atoms with Crippen LogP contribution in [0.15, 0.2) is 23.1 Å². The molecule has 2 heterocycles. The van der Waals surface area contributed by atoms with Crippen LogP contribution >= 0.6 is 0 Å². The maximum atomic E-state index is 12.5. The number of benzene rings is 1. The molecule has 0 aliphatic carbocycles. The quantitative estimate of drug-likeness (QED) is 0.794. The van der Waals surface area contributed by atoms with Gasteiger partial charge in [-0.1, -0.05) is 6.92 Å². The van der Waals surface area contributed by atoms with Gasteiger partial charge in [-0.2, -0.15) is 0 Å². The van der Waals surface area contributed by atoms with Crippen LogP contribution in [0.3, 0.4) is 0 Å². The Kier molecular flexibility index (Phi) is 5.83. The maximum absolute atomic E-state index is 12.5. The third-order valence-electron chi connectivity index (χ3n) is 4.73. The summed E-state index contributed by atoms with van der Waals surface area (Å²) in [6.07, 6.45) is 1.83. The van der Waals surface area contributed by atoms with E-state index in [2.05, 4.69) is 16.5 Å². The lowest BCUT2D eigenvalue weighted by molar-refractivity contribution is -0.138. The molecule has 1 aromatic carbocycles. The van der Waals surface area contributed by atoms with Crippen molar-refractivity contribution in [1.82, 2.24) is 14.5 Å². The molecule has 1 aromatic heterocycles. The molecule has 0 bridgehead atoms. The van der Waals surface area contributed by atoms with Gasteiger partial charge in [-0.05, 0) is 31.5 Å². The normalized spacial score (nSPS) is 18.2. The molecular weight excluding hydrogens is 368 g/mol. The van der Waals surface area contributed by atoms with Crippen LogP contribution in [0.4, 0.5) is 0 Å². The first-order valence-corrected chi connectivity index (χ1v) is 10.8. The number of hydrogen-bond acceptors (Lipinski definition) is 5. The Labute approximate surface area is 159 Å². The topological polar surface area (TPSA) is 108 Å². The van der Waals surface area contributed by atoms with Gasteiger partial charge in [-0.3, -0.25) is 4.79 Å². The van der Waals surface area contributed by atoms with Gasteiger partial charge in [0.2, 0.25) is 15.9 Å². The number of imidazole rings is 1. The lowest BCUT2D eigenvalue weighted by Crippen LogP contribution is -2.44. The maximum Gasteiger partial charge on any atom is 0.238 e. The molecule has 27 heavy (non-hydrogen) atoms. The molecule has 1 fully saturated rings. The molecule has 148 valence electrons. The number of aromatic nitrogens is 2. The molecule has 8 nitrogen and oxygen atoms in total. The fraction of sp³-hybridized carbons (Fsp3) is 0.556. The lowest BCUT2D eigenvalue weighted by atomic mass is 10.2. The minimum atomic E-state index is -3.78. The van der Waals surface area contributed by atoms with E-state index in [-0.39, 0.29) is 16.9 Å². The van der Waals surface area contributed by atoms with Crippen LogP contribution in [0.1, 0.15) is 32.5 Å². The number of nitrogens with zero attached hydrogens (tertiary/aromatic N) is 3. The first-order chi connectivity index (χ1) is 12.8. The van der Waals surface area contributed by atoms with Crippen molar-refractivity contribution in [2.24, 2.45) is 5.14 Å². The number of hydrogen-bond donors (Lipinski definition) is 1. The number of ether oxygens (including phenoxy) is 1. The molecule has 9 heteroatoms. The van der Waals surface area contributed by atoms with Gasteiger partial charge in [0.05, 0.1) is 28.6 Å². The van der Waals surface area contributed by atoms with Crippen molar-refractivity contribution in [3.63, 3.8) is 0 Å². The van der Waals surface area contributed by atoms with Crippen molar-refractivity contribution in [2.45, 2.75) is 50.7 Å². The van der Waals surface area contributed by atoms with Gasteiger partial charge in [-0.15, -0.1) is 0 Å². The molecule has 2 aromatic rings. The molecule has 1 saturated heterocycles. The standard InChI is InChI=1S/C18H26N4O4S/c1-3-8-22-16-5-4-14(27(19,24)25)11-15(16)20-17(22)6-7-18(23)21-9-10-26-13(2)12-21/h4-5,11,13H,3,6-10,12H2,1-2H3,(H2,19,24,25)/t13-/m1/s1. The predicted octanol–water partition coefficient (Wildman–Crippen LogP) is 1.27. The van der Waals surface area contributed by atoms with Crippen molar-refractivity contribution >= 4 is 27.0 Å². The summed E-state index contributed by atoms with van der Waals surface area (Å²) >= 11 is 0. The molecule has 1 aliphatic heterocycles. The summed E-state index contributed by atoms with van der Waals surface area (Å²) in [4.78, 5) is 19.0. The van der Waals surface area contributed by atoms with E-state index in [1.165, 1.54) is 12.1 Å². The van der Waals surface area contributed by atoms with Crippen LogP contribution in [0, 0.1) is 0 Å². The molecule has 0 saturated carbocycles. The average Bonchev–Trinajstić information content (AvgIpc) is 2.96. The Bertz CT molecular complexity index is 938. The first kappa shape index (κ1) is 19.8. The molecule has 0 spiro atoms. The van der Waals surface area contributed by atoms with Crippen molar-refractivity contribution in [3.8, 4) is 0 Å². The summed E-state index contributed by atoms with van der Waals surface area (Å²) in [6, 6.07) is 4.72. The fourth-order valence-corrected chi connectivity index (χ4v) is 3.96. The summed E-state index contributed by atoms with van der Waals surface area (Å²) in [5.41, 5.74) is 1.43. The first-order valence-electron chi connectivity index (χ1n) is 9.21. The van der Waals surface area contributed by atoms with Gasteiger partial charge in [0.1, 0.15) is 5.82 Å². The van der Waals surface area contributed by atoms with Gasteiger partial charge in [0, 0.05) is 32.5 Å². The Morgan fingerprint density at radius 3 is 2.85 bits per heavy atom. The molecule has 3 rings (SSSR count). The van der Waals surface area contributed by atoms with Crippen LogP contribution in [-0.4, -0.2) is 54.6 Å². The van der Waals surface area contributed by atoms with Crippen molar-refractivity contribution in [2.75, 3.05) is 19.7 Å².